The van der Waals surface area contributed by atoms with Gasteiger partial charge in [-0.3, -0.25) is 0 Å². The van der Waals surface area contributed by atoms with Gasteiger partial charge in [0.2, 0.25) is 0 Å². The van der Waals surface area contributed by atoms with Gasteiger partial charge >= 0.3 is 5.97 Å². The summed E-state index contributed by atoms with van der Waals surface area (Å²) in [5.41, 5.74) is 1.90. The normalized spacial score (nSPS) is 18.2. The second kappa shape index (κ2) is 3.74. The van der Waals surface area contributed by atoms with Crippen LogP contribution in [-0.2, 0) is 16.0 Å². The maximum atomic E-state index is 11.3. The van der Waals surface area contributed by atoms with Crippen molar-refractivity contribution < 1.29 is 14.3 Å². The molecule has 0 radical (unpaired) electrons. The first-order valence-electron chi connectivity index (χ1n) is 4.65. The number of rotatable bonds is 1. The van der Waals surface area contributed by atoms with Crippen molar-refractivity contribution in [2.75, 3.05) is 7.11 Å². The fourth-order valence-corrected chi connectivity index (χ4v) is 1.81. The van der Waals surface area contributed by atoms with E-state index in [0.717, 1.165) is 16.9 Å². The summed E-state index contributed by atoms with van der Waals surface area (Å²) in [5.74, 6) is 0.382. The van der Waals surface area contributed by atoms with Gasteiger partial charge in [0, 0.05) is 11.4 Å². The second-order valence-corrected chi connectivity index (χ2v) is 3.95. The van der Waals surface area contributed by atoms with Crippen LogP contribution < -0.4 is 4.74 Å². The van der Waals surface area contributed by atoms with Gasteiger partial charge in [0.05, 0.1) is 7.11 Å². The van der Waals surface area contributed by atoms with Crippen LogP contribution in [0.3, 0.4) is 0 Å². The molecule has 0 spiro atoms. The van der Waals surface area contributed by atoms with E-state index in [0.29, 0.717) is 11.4 Å². The minimum Gasteiger partial charge on any atom is -0.478 e. The summed E-state index contributed by atoms with van der Waals surface area (Å²) < 4.78 is 10.1. The maximum Gasteiger partial charge on any atom is 0.347 e. The number of hydrogen-bond acceptors (Lipinski definition) is 3. The van der Waals surface area contributed by atoms with Crippen molar-refractivity contribution in [1.29, 1.82) is 0 Å². The minimum absolute atomic E-state index is 0.347. The molecule has 0 bridgehead atoms. The standard InChI is InChI=1S/C11H11ClO3/c1-6-3-9-7(4-8(6)12)5-10(15-9)11(13)14-2/h3-4,10H,5H2,1-2H3. The van der Waals surface area contributed by atoms with Crippen LogP contribution in [0.2, 0.25) is 5.02 Å². The monoisotopic (exact) mass is 226 g/mol. The Hall–Kier alpha value is -1.22. The summed E-state index contributed by atoms with van der Waals surface area (Å²) in [5, 5.41) is 0.697. The summed E-state index contributed by atoms with van der Waals surface area (Å²) in [4.78, 5) is 11.3. The van der Waals surface area contributed by atoms with Crippen LogP contribution in [-0.4, -0.2) is 19.2 Å². The molecule has 2 rings (SSSR count). The number of aryl methyl sites for hydroxylation is 1. The van der Waals surface area contributed by atoms with Crippen molar-refractivity contribution in [2.24, 2.45) is 0 Å². The van der Waals surface area contributed by atoms with Gasteiger partial charge in [0.1, 0.15) is 5.75 Å². The first-order chi connectivity index (χ1) is 7.11. The van der Waals surface area contributed by atoms with Crippen LogP contribution in [0, 0.1) is 6.92 Å². The summed E-state index contributed by atoms with van der Waals surface area (Å²) in [6, 6.07) is 3.69. The number of fused-ring (bicyclic) bond motifs is 1. The number of carbonyl (C=O) groups excluding carboxylic acids is 1. The largest absolute Gasteiger partial charge is 0.478 e. The van der Waals surface area contributed by atoms with Gasteiger partial charge < -0.3 is 9.47 Å². The van der Waals surface area contributed by atoms with Gasteiger partial charge in [0.15, 0.2) is 6.10 Å². The Balaban J connectivity index is 2.27. The number of esters is 1. The third kappa shape index (κ3) is 1.79. The number of halogens is 1. The summed E-state index contributed by atoms with van der Waals surface area (Å²) >= 11 is 5.98. The number of hydrogen-bond donors (Lipinski definition) is 0. The van der Waals surface area contributed by atoms with E-state index in [4.69, 9.17) is 16.3 Å². The molecule has 1 aromatic rings. The highest BCUT2D eigenvalue weighted by Gasteiger charge is 2.30. The zero-order valence-corrected chi connectivity index (χ0v) is 9.30. The fourth-order valence-electron chi connectivity index (χ4n) is 1.62. The lowest BCUT2D eigenvalue weighted by atomic mass is 10.1. The molecule has 0 N–H and O–H groups in total. The highest BCUT2D eigenvalue weighted by molar-refractivity contribution is 6.31. The van der Waals surface area contributed by atoms with E-state index in [1.54, 1.807) is 0 Å². The van der Waals surface area contributed by atoms with Gasteiger partial charge in [-0.1, -0.05) is 11.6 Å². The number of benzene rings is 1. The smallest absolute Gasteiger partial charge is 0.347 e. The molecule has 0 fully saturated rings. The lowest BCUT2D eigenvalue weighted by molar-refractivity contribution is -0.147. The molecule has 0 amide bonds. The molecule has 1 heterocycles. The zero-order chi connectivity index (χ0) is 11.0. The predicted octanol–water partition coefficient (Wildman–Crippen LogP) is 2.12. The molecule has 15 heavy (non-hydrogen) atoms. The molecule has 1 aromatic carbocycles. The summed E-state index contributed by atoms with van der Waals surface area (Å²) in [6.07, 6.45) is 0.00465. The van der Waals surface area contributed by atoms with Crippen LogP contribution in [0.1, 0.15) is 11.1 Å². The molecule has 0 aliphatic carbocycles. The topological polar surface area (TPSA) is 35.5 Å². The van der Waals surface area contributed by atoms with E-state index in [2.05, 4.69) is 4.74 Å². The van der Waals surface area contributed by atoms with Crippen molar-refractivity contribution in [2.45, 2.75) is 19.4 Å². The first kappa shape index (κ1) is 10.3. The van der Waals surface area contributed by atoms with Gasteiger partial charge in [-0.05, 0) is 30.2 Å². The van der Waals surface area contributed by atoms with Gasteiger partial charge in [-0.15, -0.1) is 0 Å². The molecule has 80 valence electrons. The molecular formula is C11H11ClO3. The minimum atomic E-state index is -0.525. The molecule has 1 atom stereocenters. The quantitative estimate of drug-likeness (QED) is 0.689. The number of carbonyl (C=O) groups is 1. The van der Waals surface area contributed by atoms with Crippen molar-refractivity contribution in [3.63, 3.8) is 0 Å². The van der Waals surface area contributed by atoms with Crippen LogP contribution in [0.25, 0.3) is 0 Å². The highest BCUT2D eigenvalue weighted by atomic mass is 35.5. The summed E-state index contributed by atoms with van der Waals surface area (Å²) in [6.45, 7) is 1.90. The Kier molecular flexibility index (Phi) is 2.57. The molecule has 4 heteroatoms. The Bertz CT molecular complexity index is 384. The van der Waals surface area contributed by atoms with Crippen LogP contribution >= 0.6 is 11.6 Å². The number of ether oxygens (including phenoxy) is 2. The second-order valence-electron chi connectivity index (χ2n) is 3.54. The van der Waals surface area contributed by atoms with Crippen LogP contribution in [0.5, 0.6) is 5.75 Å². The fraction of sp³-hybridized carbons (Fsp3) is 0.364. The molecule has 1 aliphatic heterocycles. The average molecular weight is 227 g/mol. The Morgan fingerprint density at radius 3 is 3.00 bits per heavy atom. The predicted molar refractivity (Wildman–Crippen MR) is 56.3 cm³/mol. The van der Waals surface area contributed by atoms with Crippen LogP contribution in [0.4, 0.5) is 0 Å². The average Bonchev–Trinajstić information content (AvgIpc) is 2.60. The Labute approximate surface area is 92.9 Å². The first-order valence-corrected chi connectivity index (χ1v) is 5.03. The third-order valence-electron chi connectivity index (χ3n) is 2.48. The van der Waals surface area contributed by atoms with E-state index in [9.17, 15) is 4.79 Å². The SMILES string of the molecule is COC(=O)C1Cc2cc(Cl)c(C)cc2O1. The van der Waals surface area contributed by atoms with Gasteiger partial charge in [0.25, 0.3) is 0 Å². The summed E-state index contributed by atoms with van der Waals surface area (Å²) in [7, 11) is 1.35. The number of methoxy groups -OCH3 is 1. The van der Waals surface area contributed by atoms with Crippen molar-refractivity contribution in [1.82, 2.24) is 0 Å². The maximum absolute atomic E-state index is 11.3. The van der Waals surface area contributed by atoms with Crippen molar-refractivity contribution >= 4 is 17.6 Å². The van der Waals surface area contributed by atoms with E-state index in [1.165, 1.54) is 7.11 Å². The van der Waals surface area contributed by atoms with Crippen molar-refractivity contribution in [3.05, 3.63) is 28.3 Å². The molecule has 3 nitrogen and oxygen atoms in total. The van der Waals surface area contributed by atoms with Gasteiger partial charge in [-0.25, -0.2) is 4.79 Å². The van der Waals surface area contributed by atoms with E-state index in [1.807, 2.05) is 19.1 Å². The lowest BCUT2D eigenvalue weighted by Crippen LogP contribution is -2.26. The Morgan fingerprint density at radius 2 is 2.33 bits per heavy atom. The highest BCUT2D eigenvalue weighted by Crippen LogP contribution is 2.33. The van der Waals surface area contributed by atoms with E-state index in [-0.39, 0.29) is 5.97 Å². The molecular weight excluding hydrogens is 216 g/mol. The molecule has 0 saturated heterocycles. The van der Waals surface area contributed by atoms with Crippen molar-refractivity contribution in [3.8, 4) is 5.75 Å². The van der Waals surface area contributed by atoms with E-state index >= 15 is 0 Å². The van der Waals surface area contributed by atoms with E-state index < -0.39 is 6.10 Å². The molecule has 1 unspecified atom stereocenters. The molecule has 0 saturated carbocycles. The zero-order valence-electron chi connectivity index (χ0n) is 8.54. The van der Waals surface area contributed by atoms with Crippen LogP contribution in [0.15, 0.2) is 12.1 Å². The molecule has 1 aliphatic rings. The Morgan fingerprint density at radius 1 is 1.60 bits per heavy atom. The lowest BCUT2D eigenvalue weighted by Gasteiger charge is -2.07. The third-order valence-corrected chi connectivity index (χ3v) is 2.89. The van der Waals surface area contributed by atoms with Gasteiger partial charge in [-0.2, -0.15) is 0 Å². The molecule has 0 aromatic heterocycles.